The molecule has 3 N–H and O–H groups in total. The lowest BCUT2D eigenvalue weighted by atomic mass is 9.74. The van der Waals surface area contributed by atoms with Crippen LogP contribution < -0.4 is 11.1 Å². The highest BCUT2D eigenvalue weighted by Crippen LogP contribution is 2.31. The van der Waals surface area contributed by atoms with Crippen molar-refractivity contribution in [3.63, 3.8) is 0 Å². The molecule has 0 spiro atoms. The second-order valence-electron chi connectivity index (χ2n) is 5.63. The van der Waals surface area contributed by atoms with Crippen molar-refractivity contribution in [3.8, 4) is 0 Å². The zero-order chi connectivity index (χ0) is 13.8. The smallest absolute Gasteiger partial charge is 0.224 e. The van der Waals surface area contributed by atoms with Gasteiger partial charge in [0.05, 0.1) is 5.92 Å². The number of amides is 2. The van der Waals surface area contributed by atoms with Crippen molar-refractivity contribution in [3.05, 3.63) is 0 Å². The van der Waals surface area contributed by atoms with E-state index in [-0.39, 0.29) is 30.1 Å². The van der Waals surface area contributed by atoms with Gasteiger partial charge in [-0.05, 0) is 19.8 Å². The van der Waals surface area contributed by atoms with E-state index < -0.39 is 5.54 Å². The fourth-order valence-electron chi connectivity index (χ4n) is 2.43. The van der Waals surface area contributed by atoms with E-state index >= 15 is 0 Å². The number of halogens is 1. The standard InChI is InChI=1S/C13H25N3O2.ClH/c1-13(14)8-5-4-6-10(13)12(18)15-9-7-11(17)16(2)3;/h10H,4-9,14H2,1-3H3,(H,15,18);1H. The second-order valence-corrected chi connectivity index (χ2v) is 5.63. The van der Waals surface area contributed by atoms with Crippen molar-refractivity contribution in [2.24, 2.45) is 11.7 Å². The Morgan fingerprint density at radius 2 is 2.00 bits per heavy atom. The first-order valence-corrected chi connectivity index (χ1v) is 6.61. The molecule has 1 rings (SSSR count). The lowest BCUT2D eigenvalue weighted by molar-refractivity contribution is -0.129. The van der Waals surface area contributed by atoms with Crippen LogP contribution in [0.1, 0.15) is 39.0 Å². The molecule has 0 aliphatic heterocycles. The van der Waals surface area contributed by atoms with E-state index in [9.17, 15) is 9.59 Å². The molecular formula is C13H26ClN3O2. The average molecular weight is 292 g/mol. The van der Waals surface area contributed by atoms with E-state index in [1.54, 1.807) is 14.1 Å². The molecule has 2 atom stereocenters. The maximum Gasteiger partial charge on any atom is 0.224 e. The summed E-state index contributed by atoms with van der Waals surface area (Å²) in [5.41, 5.74) is 5.76. The molecule has 6 heteroatoms. The summed E-state index contributed by atoms with van der Waals surface area (Å²) >= 11 is 0. The molecule has 0 saturated heterocycles. The highest BCUT2D eigenvalue weighted by atomic mass is 35.5. The topological polar surface area (TPSA) is 75.4 Å². The Bertz CT molecular complexity index is 319. The molecule has 0 bridgehead atoms. The predicted molar refractivity (Wildman–Crippen MR) is 78.1 cm³/mol. The van der Waals surface area contributed by atoms with Gasteiger partial charge >= 0.3 is 0 Å². The lowest BCUT2D eigenvalue weighted by Gasteiger charge is -2.37. The van der Waals surface area contributed by atoms with Crippen LogP contribution in [0.25, 0.3) is 0 Å². The Hall–Kier alpha value is -0.810. The van der Waals surface area contributed by atoms with Gasteiger partial charge in [0.15, 0.2) is 0 Å². The molecule has 5 nitrogen and oxygen atoms in total. The number of rotatable bonds is 4. The first-order chi connectivity index (χ1) is 8.34. The summed E-state index contributed by atoms with van der Waals surface area (Å²) in [6.45, 7) is 2.34. The minimum atomic E-state index is -0.409. The normalized spacial score (nSPS) is 26.2. The van der Waals surface area contributed by atoms with Gasteiger partial charge in [-0.15, -0.1) is 12.4 Å². The Kier molecular flexibility index (Phi) is 7.37. The molecule has 2 amide bonds. The number of hydrogen-bond donors (Lipinski definition) is 2. The van der Waals surface area contributed by atoms with Crippen LogP contribution in [0.3, 0.4) is 0 Å². The van der Waals surface area contributed by atoms with E-state index in [0.29, 0.717) is 13.0 Å². The van der Waals surface area contributed by atoms with Gasteiger partial charge in [0, 0.05) is 32.6 Å². The van der Waals surface area contributed by atoms with E-state index in [0.717, 1.165) is 25.7 Å². The van der Waals surface area contributed by atoms with Crippen LogP contribution in [0, 0.1) is 5.92 Å². The Balaban J connectivity index is 0.00000324. The number of carbonyl (C=O) groups is 2. The van der Waals surface area contributed by atoms with Crippen molar-refractivity contribution in [2.75, 3.05) is 20.6 Å². The first kappa shape index (κ1) is 18.2. The third-order valence-corrected chi connectivity index (χ3v) is 3.71. The van der Waals surface area contributed by atoms with Crippen LogP contribution in [0.15, 0.2) is 0 Å². The van der Waals surface area contributed by atoms with Crippen LogP contribution >= 0.6 is 12.4 Å². The van der Waals surface area contributed by atoms with Gasteiger partial charge in [-0.25, -0.2) is 0 Å². The second kappa shape index (κ2) is 7.70. The fraction of sp³-hybridized carbons (Fsp3) is 0.846. The van der Waals surface area contributed by atoms with Gasteiger partial charge in [-0.2, -0.15) is 0 Å². The van der Waals surface area contributed by atoms with Crippen molar-refractivity contribution in [1.82, 2.24) is 10.2 Å². The molecule has 0 aromatic rings. The summed E-state index contributed by atoms with van der Waals surface area (Å²) in [6, 6.07) is 0. The van der Waals surface area contributed by atoms with Gasteiger partial charge in [0.2, 0.25) is 11.8 Å². The lowest BCUT2D eigenvalue weighted by Crippen LogP contribution is -2.53. The van der Waals surface area contributed by atoms with Gasteiger partial charge in [0.1, 0.15) is 0 Å². The van der Waals surface area contributed by atoms with Crippen LogP contribution in [0.4, 0.5) is 0 Å². The van der Waals surface area contributed by atoms with Crippen LogP contribution in [0.2, 0.25) is 0 Å². The number of nitrogens with zero attached hydrogens (tertiary/aromatic N) is 1. The SMILES string of the molecule is CN(C)C(=O)CCNC(=O)C1CCCCC1(C)N.Cl. The minimum Gasteiger partial charge on any atom is -0.355 e. The molecule has 1 aliphatic carbocycles. The van der Waals surface area contributed by atoms with E-state index in [4.69, 9.17) is 5.73 Å². The Morgan fingerprint density at radius 3 is 2.53 bits per heavy atom. The molecule has 1 saturated carbocycles. The molecule has 112 valence electrons. The minimum absolute atomic E-state index is 0. The molecule has 1 fully saturated rings. The number of carbonyl (C=O) groups excluding carboxylic acids is 2. The van der Waals surface area contributed by atoms with Gasteiger partial charge < -0.3 is 16.0 Å². The number of hydrogen-bond acceptors (Lipinski definition) is 3. The summed E-state index contributed by atoms with van der Waals surface area (Å²) in [6.07, 6.45) is 4.23. The number of nitrogens with one attached hydrogen (secondary N) is 1. The molecule has 19 heavy (non-hydrogen) atoms. The average Bonchev–Trinajstić information content (AvgIpc) is 2.27. The summed E-state index contributed by atoms with van der Waals surface area (Å²) in [4.78, 5) is 25.0. The largest absolute Gasteiger partial charge is 0.355 e. The zero-order valence-corrected chi connectivity index (χ0v) is 12.9. The van der Waals surface area contributed by atoms with Crippen LogP contribution in [-0.4, -0.2) is 42.9 Å². The summed E-state index contributed by atoms with van der Waals surface area (Å²) in [5.74, 6) is -0.110. The van der Waals surface area contributed by atoms with Gasteiger partial charge in [-0.3, -0.25) is 9.59 Å². The molecule has 1 aliphatic rings. The van der Waals surface area contributed by atoms with E-state index in [1.807, 2.05) is 6.92 Å². The summed E-state index contributed by atoms with van der Waals surface area (Å²) in [5, 5.41) is 2.83. The van der Waals surface area contributed by atoms with Crippen molar-refractivity contribution < 1.29 is 9.59 Å². The van der Waals surface area contributed by atoms with Crippen LogP contribution in [0.5, 0.6) is 0 Å². The zero-order valence-electron chi connectivity index (χ0n) is 12.1. The van der Waals surface area contributed by atoms with Crippen molar-refractivity contribution in [1.29, 1.82) is 0 Å². The maximum atomic E-state index is 12.0. The molecule has 0 heterocycles. The van der Waals surface area contributed by atoms with Gasteiger partial charge in [0.25, 0.3) is 0 Å². The third-order valence-electron chi connectivity index (χ3n) is 3.71. The molecule has 2 unspecified atom stereocenters. The molecule has 0 aromatic carbocycles. The maximum absolute atomic E-state index is 12.0. The quantitative estimate of drug-likeness (QED) is 0.808. The van der Waals surface area contributed by atoms with Crippen LogP contribution in [-0.2, 0) is 9.59 Å². The monoisotopic (exact) mass is 291 g/mol. The Morgan fingerprint density at radius 1 is 1.37 bits per heavy atom. The van der Waals surface area contributed by atoms with E-state index in [2.05, 4.69) is 5.32 Å². The van der Waals surface area contributed by atoms with E-state index in [1.165, 1.54) is 4.90 Å². The fourth-order valence-corrected chi connectivity index (χ4v) is 2.43. The molecular weight excluding hydrogens is 266 g/mol. The number of nitrogens with two attached hydrogens (primary N) is 1. The summed E-state index contributed by atoms with van der Waals surface area (Å²) < 4.78 is 0. The van der Waals surface area contributed by atoms with Gasteiger partial charge in [-0.1, -0.05) is 12.8 Å². The highest BCUT2D eigenvalue weighted by molar-refractivity contribution is 5.85. The predicted octanol–water partition coefficient (Wildman–Crippen LogP) is 0.910. The van der Waals surface area contributed by atoms with Crippen molar-refractivity contribution >= 4 is 24.2 Å². The Labute approximate surface area is 121 Å². The first-order valence-electron chi connectivity index (χ1n) is 6.61. The highest BCUT2D eigenvalue weighted by Gasteiger charge is 2.37. The molecule has 0 radical (unpaired) electrons. The summed E-state index contributed by atoms with van der Waals surface area (Å²) in [7, 11) is 3.42. The third kappa shape index (κ3) is 5.37. The van der Waals surface area contributed by atoms with Crippen molar-refractivity contribution in [2.45, 2.75) is 44.6 Å². The molecule has 0 aromatic heterocycles.